The third kappa shape index (κ3) is 2.77. The van der Waals surface area contributed by atoms with E-state index < -0.39 is 0 Å². The molecule has 2 aromatic rings. The van der Waals surface area contributed by atoms with Gasteiger partial charge < -0.3 is 28.8 Å². The van der Waals surface area contributed by atoms with Crippen molar-refractivity contribution in [2.24, 2.45) is 0 Å². The summed E-state index contributed by atoms with van der Waals surface area (Å²) in [7, 11) is 4.73. The minimum atomic E-state index is -0.318. The Kier molecular flexibility index (Phi) is 4.80. The molecule has 0 aromatic heterocycles. The lowest BCUT2D eigenvalue weighted by molar-refractivity contribution is -0.138. The number of rotatable bonds is 5. The summed E-state index contributed by atoms with van der Waals surface area (Å²) >= 11 is 0. The van der Waals surface area contributed by atoms with Gasteiger partial charge >= 0.3 is 0 Å². The number of phenolic OH excluding ortho intramolecular Hbond substituents is 1. The molecule has 0 unspecified atom stereocenters. The Hall–Kier alpha value is -2.02. The van der Waals surface area contributed by atoms with Crippen molar-refractivity contribution in [2.75, 3.05) is 28.1 Å². The molecule has 1 aliphatic heterocycles. The molecule has 6 nitrogen and oxygen atoms in total. The van der Waals surface area contributed by atoms with Gasteiger partial charge in [-0.25, -0.2) is 0 Å². The van der Waals surface area contributed by atoms with E-state index in [-0.39, 0.29) is 24.8 Å². The molecule has 1 heterocycles. The maximum Gasteiger partial charge on any atom is 0.147 e. The van der Waals surface area contributed by atoms with Gasteiger partial charge in [-0.2, -0.15) is 0 Å². The summed E-state index contributed by atoms with van der Waals surface area (Å²) in [5, 5.41) is 12.3. The van der Waals surface area contributed by atoms with Crippen LogP contribution in [-0.4, -0.2) is 39.3 Å². The smallest absolute Gasteiger partial charge is 0.147 e. The van der Waals surface area contributed by atoms with Crippen LogP contribution < -0.4 is 9.47 Å². The lowest BCUT2D eigenvalue weighted by Crippen LogP contribution is -2.28. The topological polar surface area (TPSA) is 66.4 Å². The SMILES string of the molecule is COCO[C@H]1c2cc3cc(OC)cc(OC)c3c(O)c2CO[C@H]1C. The Morgan fingerprint density at radius 3 is 2.62 bits per heavy atom. The van der Waals surface area contributed by atoms with Gasteiger partial charge in [-0.05, 0) is 30.0 Å². The van der Waals surface area contributed by atoms with Gasteiger partial charge in [0.25, 0.3) is 0 Å². The fourth-order valence-corrected chi connectivity index (χ4v) is 3.13. The Labute approximate surface area is 140 Å². The van der Waals surface area contributed by atoms with Crippen molar-refractivity contribution in [2.45, 2.75) is 25.7 Å². The minimum Gasteiger partial charge on any atom is -0.507 e. The summed E-state index contributed by atoms with van der Waals surface area (Å²) in [5.41, 5.74) is 1.61. The zero-order chi connectivity index (χ0) is 17.3. The summed E-state index contributed by atoms with van der Waals surface area (Å²) in [6.45, 7) is 2.41. The molecule has 0 saturated carbocycles. The highest BCUT2D eigenvalue weighted by Crippen LogP contribution is 2.45. The van der Waals surface area contributed by atoms with E-state index in [1.54, 1.807) is 27.4 Å². The monoisotopic (exact) mass is 334 g/mol. The van der Waals surface area contributed by atoms with E-state index in [4.69, 9.17) is 23.7 Å². The summed E-state index contributed by atoms with van der Waals surface area (Å²) in [5.74, 6) is 1.37. The first-order chi connectivity index (χ1) is 11.6. The summed E-state index contributed by atoms with van der Waals surface area (Å²) in [4.78, 5) is 0. The van der Waals surface area contributed by atoms with Gasteiger partial charge in [0.1, 0.15) is 30.1 Å². The minimum absolute atomic E-state index is 0.142. The number of phenols is 1. The summed E-state index contributed by atoms with van der Waals surface area (Å²) in [6, 6.07) is 5.61. The Bertz CT molecular complexity index is 742. The Morgan fingerprint density at radius 2 is 1.96 bits per heavy atom. The summed E-state index contributed by atoms with van der Waals surface area (Å²) in [6.07, 6.45) is -0.460. The van der Waals surface area contributed by atoms with E-state index >= 15 is 0 Å². The second-order valence-corrected chi connectivity index (χ2v) is 5.73. The Balaban J connectivity index is 2.21. The third-order valence-electron chi connectivity index (χ3n) is 4.33. The molecule has 2 aromatic carbocycles. The molecule has 0 amide bonds. The average molecular weight is 334 g/mol. The number of hydrogen-bond donors (Lipinski definition) is 1. The molecule has 130 valence electrons. The van der Waals surface area contributed by atoms with Gasteiger partial charge in [0, 0.05) is 18.7 Å². The molecule has 1 aliphatic rings. The van der Waals surface area contributed by atoms with Gasteiger partial charge in [0.15, 0.2) is 0 Å². The second kappa shape index (κ2) is 6.84. The van der Waals surface area contributed by atoms with Gasteiger partial charge in [0.2, 0.25) is 0 Å². The first-order valence-electron chi connectivity index (χ1n) is 7.73. The maximum absolute atomic E-state index is 10.8. The fourth-order valence-electron chi connectivity index (χ4n) is 3.13. The molecule has 2 atom stereocenters. The molecular weight excluding hydrogens is 312 g/mol. The highest BCUT2D eigenvalue weighted by Gasteiger charge is 2.31. The van der Waals surface area contributed by atoms with Crippen molar-refractivity contribution in [1.82, 2.24) is 0 Å². The van der Waals surface area contributed by atoms with E-state index in [0.717, 1.165) is 10.9 Å². The van der Waals surface area contributed by atoms with Crippen molar-refractivity contribution in [3.63, 3.8) is 0 Å². The van der Waals surface area contributed by atoms with E-state index in [0.29, 0.717) is 29.1 Å². The molecule has 0 fully saturated rings. The normalized spacial score (nSPS) is 20.0. The number of ether oxygens (including phenoxy) is 5. The van der Waals surface area contributed by atoms with Gasteiger partial charge in [-0.1, -0.05) is 0 Å². The van der Waals surface area contributed by atoms with Crippen LogP contribution in [-0.2, 0) is 20.8 Å². The third-order valence-corrected chi connectivity index (χ3v) is 4.33. The van der Waals surface area contributed by atoms with Gasteiger partial charge in [-0.15, -0.1) is 0 Å². The molecular formula is C18H22O6. The standard InChI is InChI=1S/C18H22O6/c1-10-18(24-9-20-2)13-6-11-5-12(21-3)7-15(22-4)16(11)17(19)14(13)8-23-10/h5-7,10,18-19H,8-9H2,1-4H3/t10-,18+/m0/s1. The molecule has 1 N–H and O–H groups in total. The van der Waals surface area contributed by atoms with E-state index in [9.17, 15) is 5.11 Å². The van der Waals surface area contributed by atoms with Crippen molar-refractivity contribution < 1.29 is 28.8 Å². The highest BCUT2D eigenvalue weighted by atomic mass is 16.7. The lowest BCUT2D eigenvalue weighted by Gasteiger charge is -2.32. The molecule has 3 rings (SSSR count). The van der Waals surface area contributed by atoms with Crippen molar-refractivity contribution in [3.8, 4) is 17.2 Å². The zero-order valence-electron chi connectivity index (χ0n) is 14.3. The number of hydrogen-bond acceptors (Lipinski definition) is 6. The quantitative estimate of drug-likeness (QED) is 0.848. The number of methoxy groups -OCH3 is 3. The van der Waals surface area contributed by atoms with Crippen LogP contribution >= 0.6 is 0 Å². The first-order valence-corrected chi connectivity index (χ1v) is 7.73. The van der Waals surface area contributed by atoms with Crippen molar-refractivity contribution >= 4 is 10.8 Å². The van der Waals surface area contributed by atoms with Crippen LogP contribution in [0.5, 0.6) is 17.2 Å². The predicted octanol–water partition coefficient (Wildman–Crippen LogP) is 3.14. The van der Waals surface area contributed by atoms with Crippen LogP contribution in [0.4, 0.5) is 0 Å². The van der Waals surface area contributed by atoms with Crippen LogP contribution in [0.25, 0.3) is 10.8 Å². The predicted molar refractivity (Wildman–Crippen MR) is 88.7 cm³/mol. The van der Waals surface area contributed by atoms with Crippen LogP contribution in [0.15, 0.2) is 18.2 Å². The van der Waals surface area contributed by atoms with Crippen LogP contribution in [0.3, 0.4) is 0 Å². The number of benzene rings is 2. The van der Waals surface area contributed by atoms with Crippen LogP contribution in [0.1, 0.15) is 24.2 Å². The second-order valence-electron chi connectivity index (χ2n) is 5.73. The van der Waals surface area contributed by atoms with Gasteiger partial charge in [-0.3, -0.25) is 0 Å². The fraction of sp³-hybridized carbons (Fsp3) is 0.444. The molecule has 0 aliphatic carbocycles. The summed E-state index contributed by atoms with van der Waals surface area (Å²) < 4.78 is 27.3. The highest BCUT2D eigenvalue weighted by molar-refractivity contribution is 5.96. The van der Waals surface area contributed by atoms with Crippen molar-refractivity contribution in [3.05, 3.63) is 29.3 Å². The molecule has 0 bridgehead atoms. The van der Waals surface area contributed by atoms with E-state index in [1.807, 2.05) is 19.1 Å². The van der Waals surface area contributed by atoms with E-state index in [2.05, 4.69) is 0 Å². The van der Waals surface area contributed by atoms with Crippen LogP contribution in [0.2, 0.25) is 0 Å². The molecule has 0 radical (unpaired) electrons. The Morgan fingerprint density at radius 1 is 1.17 bits per heavy atom. The lowest BCUT2D eigenvalue weighted by atomic mass is 9.91. The first kappa shape index (κ1) is 16.8. The number of aromatic hydroxyl groups is 1. The van der Waals surface area contributed by atoms with Crippen molar-refractivity contribution in [1.29, 1.82) is 0 Å². The molecule has 6 heteroatoms. The van der Waals surface area contributed by atoms with Gasteiger partial charge in [0.05, 0.1) is 32.3 Å². The zero-order valence-corrected chi connectivity index (χ0v) is 14.3. The molecule has 0 spiro atoms. The largest absolute Gasteiger partial charge is 0.507 e. The maximum atomic E-state index is 10.8. The van der Waals surface area contributed by atoms with Crippen LogP contribution in [0, 0.1) is 0 Å². The van der Waals surface area contributed by atoms with E-state index in [1.165, 1.54) is 0 Å². The average Bonchev–Trinajstić information content (AvgIpc) is 2.59. The molecule has 0 saturated heterocycles. The molecule has 24 heavy (non-hydrogen) atoms. The number of fused-ring (bicyclic) bond motifs is 2.